The summed E-state index contributed by atoms with van der Waals surface area (Å²) in [5.41, 5.74) is 0. The normalized spacial score (nSPS) is 14.0. The Labute approximate surface area is 594 Å². The van der Waals surface area contributed by atoms with Crippen molar-refractivity contribution < 1.29 is 80.2 Å². The molecule has 0 aromatic carbocycles. The summed E-state index contributed by atoms with van der Waals surface area (Å²) in [5, 5.41) is 10.6. The average molecular weight is 1420 g/mol. The zero-order valence-corrected chi connectivity index (χ0v) is 65.2. The zero-order chi connectivity index (χ0) is 71.4. The molecule has 0 saturated carbocycles. The molecule has 2 unspecified atom stereocenters. The van der Waals surface area contributed by atoms with E-state index in [4.69, 9.17) is 37.0 Å². The fourth-order valence-corrected chi connectivity index (χ4v) is 13.6. The van der Waals surface area contributed by atoms with E-state index >= 15 is 0 Å². The van der Waals surface area contributed by atoms with Gasteiger partial charge in [-0.15, -0.1) is 0 Å². The molecule has 576 valence electrons. The highest BCUT2D eigenvalue weighted by Crippen LogP contribution is 2.45. The van der Waals surface area contributed by atoms with Crippen LogP contribution in [0.5, 0.6) is 0 Å². The lowest BCUT2D eigenvalue weighted by molar-refractivity contribution is -0.161. The maximum Gasteiger partial charge on any atom is 0.472 e. The van der Waals surface area contributed by atoms with Crippen molar-refractivity contribution in [2.75, 3.05) is 39.6 Å². The lowest BCUT2D eigenvalue weighted by atomic mass is 10.0. The van der Waals surface area contributed by atoms with E-state index in [0.29, 0.717) is 31.6 Å². The fourth-order valence-electron chi connectivity index (χ4n) is 12.0. The Morgan fingerprint density at radius 1 is 0.278 bits per heavy atom. The number of hydrogen-bond acceptors (Lipinski definition) is 15. The molecule has 0 amide bonds. The standard InChI is InChI=1S/C78H152O17P2/c1-7-9-11-13-15-17-19-21-23-24-25-26-27-28-29-31-33-38-42-50-56-62-77(82)94-73(66-88-75(80)60-54-48-41-37-32-30-22-20-18-16-14-12-10-8-2)68-92-96(84,85)90-64-72(79)65-91-97(86,87)93-69-74(67-89-76(81)61-55-49-45-44-47-53-59-71(5)6)95-78(83)63-57-51-43-39-35-34-36-40-46-52-58-70(3)4/h70-74,79H,7-69H2,1-6H3,(H,84,85)(H,86,87)/t72-,73-,74-/m1/s1. The molecule has 17 nitrogen and oxygen atoms in total. The van der Waals surface area contributed by atoms with Crippen LogP contribution in [0, 0.1) is 11.8 Å². The first-order valence-electron chi connectivity index (χ1n) is 40.5. The Bertz CT molecular complexity index is 1870. The molecule has 19 heteroatoms. The van der Waals surface area contributed by atoms with E-state index in [9.17, 15) is 43.2 Å². The van der Waals surface area contributed by atoms with E-state index in [2.05, 4.69) is 41.5 Å². The monoisotopic (exact) mass is 1420 g/mol. The number of carbonyl (C=O) groups excluding carboxylic acids is 4. The van der Waals surface area contributed by atoms with Gasteiger partial charge in [-0.25, -0.2) is 9.13 Å². The molecule has 0 aromatic heterocycles. The number of rotatable bonds is 77. The third-order valence-electron chi connectivity index (χ3n) is 18.2. The summed E-state index contributed by atoms with van der Waals surface area (Å²) in [7, 11) is -9.91. The first-order valence-corrected chi connectivity index (χ1v) is 43.5. The van der Waals surface area contributed by atoms with Gasteiger partial charge in [-0.05, 0) is 37.5 Å². The molecule has 5 atom stereocenters. The minimum Gasteiger partial charge on any atom is -0.462 e. The van der Waals surface area contributed by atoms with Crippen LogP contribution in [0.15, 0.2) is 0 Å². The molecular weight excluding hydrogens is 1270 g/mol. The quantitative estimate of drug-likeness (QED) is 0.0222. The third kappa shape index (κ3) is 72.2. The second kappa shape index (κ2) is 69.8. The number of carbonyl (C=O) groups is 4. The molecule has 0 rings (SSSR count). The van der Waals surface area contributed by atoms with Crippen molar-refractivity contribution in [3.63, 3.8) is 0 Å². The molecule has 0 aliphatic carbocycles. The molecule has 0 heterocycles. The van der Waals surface area contributed by atoms with E-state index in [1.165, 1.54) is 218 Å². The van der Waals surface area contributed by atoms with Crippen LogP contribution in [-0.4, -0.2) is 96.7 Å². The summed E-state index contributed by atoms with van der Waals surface area (Å²) < 4.78 is 68.5. The van der Waals surface area contributed by atoms with Crippen molar-refractivity contribution in [2.24, 2.45) is 11.8 Å². The summed E-state index contributed by atoms with van der Waals surface area (Å²) in [5.74, 6) is -0.684. The van der Waals surface area contributed by atoms with E-state index in [-0.39, 0.29) is 25.7 Å². The van der Waals surface area contributed by atoms with E-state index in [0.717, 1.165) is 102 Å². The maximum atomic E-state index is 13.1. The van der Waals surface area contributed by atoms with Crippen LogP contribution in [0.25, 0.3) is 0 Å². The fraction of sp³-hybridized carbons (Fsp3) is 0.949. The number of unbranched alkanes of at least 4 members (excludes halogenated alkanes) is 47. The van der Waals surface area contributed by atoms with E-state index in [1.54, 1.807) is 0 Å². The predicted molar refractivity (Wildman–Crippen MR) is 395 cm³/mol. The molecule has 0 aliphatic heterocycles. The van der Waals surface area contributed by atoms with E-state index in [1.807, 2.05) is 0 Å². The Hall–Kier alpha value is -1.94. The molecule has 97 heavy (non-hydrogen) atoms. The van der Waals surface area contributed by atoms with Crippen LogP contribution in [0.1, 0.15) is 408 Å². The number of phosphoric acid groups is 2. The van der Waals surface area contributed by atoms with Gasteiger partial charge in [-0.3, -0.25) is 37.3 Å². The van der Waals surface area contributed by atoms with Gasteiger partial charge in [0.25, 0.3) is 0 Å². The van der Waals surface area contributed by atoms with Crippen LogP contribution in [-0.2, 0) is 65.4 Å². The number of phosphoric ester groups is 2. The van der Waals surface area contributed by atoms with Gasteiger partial charge in [0.15, 0.2) is 12.2 Å². The maximum absolute atomic E-state index is 13.1. The van der Waals surface area contributed by atoms with Crippen molar-refractivity contribution in [3.05, 3.63) is 0 Å². The van der Waals surface area contributed by atoms with Crippen LogP contribution >= 0.6 is 15.6 Å². The number of esters is 4. The second-order valence-corrected chi connectivity index (χ2v) is 32.0. The molecule has 3 N–H and O–H groups in total. The first-order chi connectivity index (χ1) is 46.9. The molecule has 0 saturated heterocycles. The zero-order valence-electron chi connectivity index (χ0n) is 63.4. The predicted octanol–water partition coefficient (Wildman–Crippen LogP) is 23.1. The van der Waals surface area contributed by atoms with Crippen LogP contribution < -0.4 is 0 Å². The van der Waals surface area contributed by atoms with Gasteiger partial charge in [-0.1, -0.05) is 356 Å². The van der Waals surface area contributed by atoms with Crippen molar-refractivity contribution in [1.29, 1.82) is 0 Å². The Kier molecular flexibility index (Phi) is 68.4. The lowest BCUT2D eigenvalue weighted by Gasteiger charge is -2.21. The molecule has 0 bridgehead atoms. The SMILES string of the molecule is CCCCCCCCCCCCCCCCCCCCCCCC(=O)O[C@H](COC(=O)CCCCCCCCCCCCCCCC)COP(=O)(O)OC[C@@H](O)COP(=O)(O)OC[C@@H](COC(=O)CCCCCCCCC(C)C)OC(=O)CCCCCCCCCCCCC(C)C. The summed E-state index contributed by atoms with van der Waals surface area (Å²) in [4.78, 5) is 72.8. The van der Waals surface area contributed by atoms with Gasteiger partial charge in [0.2, 0.25) is 0 Å². The molecule has 0 spiro atoms. The molecular formula is C78H152O17P2. The summed E-state index contributed by atoms with van der Waals surface area (Å²) in [6, 6.07) is 0. The number of hydrogen-bond donors (Lipinski definition) is 3. The van der Waals surface area contributed by atoms with Crippen molar-refractivity contribution in [2.45, 2.75) is 426 Å². The Morgan fingerprint density at radius 3 is 0.701 bits per heavy atom. The number of ether oxygens (including phenoxy) is 4. The van der Waals surface area contributed by atoms with Crippen molar-refractivity contribution in [3.8, 4) is 0 Å². The van der Waals surface area contributed by atoms with Crippen molar-refractivity contribution in [1.82, 2.24) is 0 Å². The second-order valence-electron chi connectivity index (χ2n) is 29.1. The van der Waals surface area contributed by atoms with Gasteiger partial charge in [0, 0.05) is 25.7 Å². The summed E-state index contributed by atoms with van der Waals surface area (Å²) >= 11 is 0. The third-order valence-corrected chi connectivity index (χ3v) is 20.1. The van der Waals surface area contributed by atoms with Gasteiger partial charge in [-0.2, -0.15) is 0 Å². The van der Waals surface area contributed by atoms with Crippen molar-refractivity contribution >= 4 is 39.5 Å². The summed E-state index contributed by atoms with van der Waals surface area (Å²) in [6.45, 7) is 9.51. The Morgan fingerprint density at radius 2 is 0.474 bits per heavy atom. The highest BCUT2D eigenvalue weighted by Gasteiger charge is 2.30. The van der Waals surface area contributed by atoms with Gasteiger partial charge < -0.3 is 33.8 Å². The smallest absolute Gasteiger partial charge is 0.462 e. The minimum absolute atomic E-state index is 0.105. The topological polar surface area (TPSA) is 237 Å². The van der Waals surface area contributed by atoms with Crippen LogP contribution in [0.2, 0.25) is 0 Å². The average Bonchev–Trinajstić information content (AvgIpc) is 1.07. The molecule has 0 radical (unpaired) electrons. The van der Waals surface area contributed by atoms with Crippen LogP contribution in [0.4, 0.5) is 0 Å². The summed E-state index contributed by atoms with van der Waals surface area (Å²) in [6.07, 6.45) is 58.5. The Balaban J connectivity index is 5.20. The van der Waals surface area contributed by atoms with Gasteiger partial charge >= 0.3 is 39.5 Å². The molecule has 0 aromatic rings. The van der Waals surface area contributed by atoms with Gasteiger partial charge in [0.1, 0.15) is 19.3 Å². The largest absolute Gasteiger partial charge is 0.472 e. The van der Waals surface area contributed by atoms with Crippen LogP contribution in [0.3, 0.4) is 0 Å². The van der Waals surface area contributed by atoms with Gasteiger partial charge in [0.05, 0.1) is 26.4 Å². The van der Waals surface area contributed by atoms with E-state index < -0.39 is 97.5 Å². The molecule has 0 fully saturated rings. The molecule has 0 aliphatic rings. The number of aliphatic hydroxyl groups is 1. The number of aliphatic hydroxyl groups excluding tert-OH is 1. The highest BCUT2D eigenvalue weighted by atomic mass is 31.2. The lowest BCUT2D eigenvalue weighted by Crippen LogP contribution is -2.30. The first kappa shape index (κ1) is 95.1. The minimum atomic E-state index is -4.96. The highest BCUT2D eigenvalue weighted by molar-refractivity contribution is 7.47.